The summed E-state index contributed by atoms with van der Waals surface area (Å²) in [5.41, 5.74) is 3.16. The second-order valence-electron chi connectivity index (χ2n) is 5.38. The molecule has 0 saturated heterocycles. The molecule has 0 aliphatic heterocycles. The molecule has 122 valence electrons. The molecule has 0 atom stereocenters. The molecular formula is C18H13Cl2NO2S. The van der Waals surface area contributed by atoms with Crippen LogP contribution in [0.4, 0.5) is 0 Å². The predicted octanol–water partition coefficient (Wildman–Crippen LogP) is 5.47. The molecule has 3 aromatic rings. The molecule has 6 heteroatoms. The topological polar surface area (TPSA) is 50.2 Å². The minimum Gasteiger partial charge on any atom is -0.493 e. The van der Waals surface area contributed by atoms with Gasteiger partial charge in [0.2, 0.25) is 10.6 Å². The lowest BCUT2D eigenvalue weighted by atomic mass is 9.98. The van der Waals surface area contributed by atoms with Gasteiger partial charge in [-0.05, 0) is 48.7 Å². The molecule has 0 fully saturated rings. The molecule has 3 rings (SSSR count). The van der Waals surface area contributed by atoms with Crippen molar-refractivity contribution in [1.82, 2.24) is 4.98 Å². The highest BCUT2D eigenvalue weighted by atomic mass is 35.5. The van der Waals surface area contributed by atoms with E-state index in [9.17, 15) is 9.90 Å². The van der Waals surface area contributed by atoms with E-state index < -0.39 is 0 Å². The smallest absolute Gasteiger partial charge is 0.247 e. The fraction of sp³-hybridized carbons (Fsp3) is 0.111. The Morgan fingerprint density at radius 2 is 1.67 bits per heavy atom. The molecule has 0 radical (unpaired) electrons. The Kier molecular flexibility index (Phi) is 4.63. The number of halogens is 2. The third-order valence-electron chi connectivity index (χ3n) is 3.77. The first-order chi connectivity index (χ1) is 11.4. The second-order valence-corrected chi connectivity index (χ2v) is 7.18. The number of aryl methyl sites for hydroxylation is 1. The average molecular weight is 378 g/mol. The van der Waals surface area contributed by atoms with Crippen molar-refractivity contribution in [2.24, 2.45) is 0 Å². The Morgan fingerprint density at radius 3 is 2.29 bits per heavy atom. The molecule has 0 spiro atoms. The van der Waals surface area contributed by atoms with Gasteiger partial charge < -0.3 is 5.11 Å². The van der Waals surface area contributed by atoms with E-state index in [1.165, 1.54) is 0 Å². The van der Waals surface area contributed by atoms with Gasteiger partial charge in [-0.2, -0.15) is 0 Å². The summed E-state index contributed by atoms with van der Waals surface area (Å²) in [6.45, 7) is 3.69. The summed E-state index contributed by atoms with van der Waals surface area (Å²) in [6.07, 6.45) is 0. The zero-order valence-corrected chi connectivity index (χ0v) is 15.3. The molecule has 0 aliphatic rings. The van der Waals surface area contributed by atoms with Crippen molar-refractivity contribution in [1.29, 1.82) is 0 Å². The summed E-state index contributed by atoms with van der Waals surface area (Å²) in [4.78, 5) is 16.9. The van der Waals surface area contributed by atoms with Crippen LogP contribution in [0.2, 0.25) is 10.0 Å². The van der Waals surface area contributed by atoms with Gasteiger partial charge in [0.15, 0.2) is 0 Å². The van der Waals surface area contributed by atoms with Crippen LogP contribution in [0.5, 0.6) is 5.88 Å². The standard InChI is InChI=1S/C18H13Cl2NO2S/c1-9-3-8-13(20)10(2)14(9)15-16(22)21-17(24-18(15)23)11-4-6-12(19)7-5-11/h3-8,22H,1-2H3. The molecule has 0 aliphatic carbocycles. The Balaban J connectivity index is 2.21. The maximum absolute atomic E-state index is 12.7. The molecule has 1 aromatic heterocycles. The monoisotopic (exact) mass is 377 g/mol. The molecule has 0 bridgehead atoms. The second kappa shape index (κ2) is 6.55. The predicted molar refractivity (Wildman–Crippen MR) is 100 cm³/mol. The highest BCUT2D eigenvalue weighted by Crippen LogP contribution is 2.36. The van der Waals surface area contributed by atoms with E-state index in [-0.39, 0.29) is 16.2 Å². The van der Waals surface area contributed by atoms with E-state index in [1.807, 2.05) is 19.9 Å². The van der Waals surface area contributed by atoms with Crippen LogP contribution >= 0.6 is 34.5 Å². The summed E-state index contributed by atoms with van der Waals surface area (Å²) in [7, 11) is 0. The van der Waals surface area contributed by atoms with Gasteiger partial charge in [0.25, 0.3) is 0 Å². The summed E-state index contributed by atoms with van der Waals surface area (Å²) in [5, 5.41) is 12.0. The van der Waals surface area contributed by atoms with Crippen molar-refractivity contribution < 1.29 is 5.11 Å². The first kappa shape index (κ1) is 17.0. The number of nitrogens with zero attached hydrogens (tertiary/aromatic N) is 1. The van der Waals surface area contributed by atoms with Gasteiger partial charge in [0, 0.05) is 15.6 Å². The SMILES string of the molecule is Cc1ccc(Cl)c(C)c1-c1c(O)nc(-c2ccc(Cl)cc2)sc1=O. The van der Waals surface area contributed by atoms with Crippen molar-refractivity contribution in [3.63, 3.8) is 0 Å². The van der Waals surface area contributed by atoms with Crippen LogP contribution in [0.15, 0.2) is 41.2 Å². The van der Waals surface area contributed by atoms with E-state index in [1.54, 1.807) is 30.3 Å². The zero-order valence-electron chi connectivity index (χ0n) is 12.9. The summed E-state index contributed by atoms with van der Waals surface area (Å²) in [5.74, 6) is -0.294. The minimum absolute atomic E-state index is 0.190. The fourth-order valence-corrected chi connectivity index (χ4v) is 3.68. The van der Waals surface area contributed by atoms with Crippen molar-refractivity contribution in [3.05, 3.63) is 67.1 Å². The van der Waals surface area contributed by atoms with Gasteiger partial charge in [-0.15, -0.1) is 0 Å². The first-order valence-electron chi connectivity index (χ1n) is 7.14. The van der Waals surface area contributed by atoms with Gasteiger partial charge in [0.05, 0.1) is 0 Å². The normalized spacial score (nSPS) is 10.8. The van der Waals surface area contributed by atoms with E-state index in [0.29, 0.717) is 20.6 Å². The molecule has 24 heavy (non-hydrogen) atoms. The van der Waals surface area contributed by atoms with E-state index in [4.69, 9.17) is 23.2 Å². The van der Waals surface area contributed by atoms with E-state index in [2.05, 4.69) is 4.98 Å². The Bertz CT molecular complexity index is 982. The van der Waals surface area contributed by atoms with Gasteiger partial charge >= 0.3 is 0 Å². The van der Waals surface area contributed by atoms with Crippen LogP contribution in [0.25, 0.3) is 21.7 Å². The molecular weight excluding hydrogens is 365 g/mol. The fourth-order valence-electron chi connectivity index (χ4n) is 2.54. The molecule has 2 aromatic carbocycles. The number of aromatic nitrogens is 1. The van der Waals surface area contributed by atoms with Crippen LogP contribution in [-0.2, 0) is 0 Å². The zero-order chi connectivity index (χ0) is 17.4. The number of aromatic hydroxyl groups is 1. The summed E-state index contributed by atoms with van der Waals surface area (Å²) >= 11 is 13.0. The van der Waals surface area contributed by atoms with E-state index in [0.717, 1.165) is 28.0 Å². The molecule has 0 saturated carbocycles. The molecule has 0 amide bonds. The molecule has 3 nitrogen and oxygen atoms in total. The van der Waals surface area contributed by atoms with Crippen LogP contribution < -0.4 is 4.74 Å². The van der Waals surface area contributed by atoms with Gasteiger partial charge in [-0.3, -0.25) is 4.79 Å². The molecule has 0 unspecified atom stereocenters. The van der Waals surface area contributed by atoms with Gasteiger partial charge in [0.1, 0.15) is 10.6 Å². The number of benzene rings is 2. The van der Waals surface area contributed by atoms with Crippen molar-refractivity contribution in [2.75, 3.05) is 0 Å². The summed E-state index contributed by atoms with van der Waals surface area (Å²) in [6, 6.07) is 10.5. The lowest BCUT2D eigenvalue weighted by Gasteiger charge is -2.12. The molecule has 1 N–H and O–H groups in total. The van der Waals surface area contributed by atoms with Crippen LogP contribution in [0, 0.1) is 13.8 Å². The highest BCUT2D eigenvalue weighted by Gasteiger charge is 2.19. The number of hydrogen-bond acceptors (Lipinski definition) is 4. The quantitative estimate of drug-likeness (QED) is 0.644. The largest absolute Gasteiger partial charge is 0.493 e. The Labute approximate surface area is 153 Å². The van der Waals surface area contributed by atoms with Gasteiger partial charge in [-0.1, -0.05) is 52.7 Å². The van der Waals surface area contributed by atoms with Crippen molar-refractivity contribution in [2.45, 2.75) is 13.8 Å². The maximum atomic E-state index is 12.7. The average Bonchev–Trinajstić information content (AvgIpc) is 2.54. The van der Waals surface area contributed by atoms with Crippen LogP contribution in [-0.4, -0.2) is 10.1 Å². The number of hydrogen-bond donors (Lipinski definition) is 1. The molecule has 1 heterocycles. The third kappa shape index (κ3) is 3.05. The third-order valence-corrected chi connectivity index (χ3v) is 5.34. The van der Waals surface area contributed by atoms with Crippen molar-refractivity contribution >= 4 is 34.5 Å². The van der Waals surface area contributed by atoms with Crippen LogP contribution in [0.3, 0.4) is 0 Å². The Hall–Kier alpha value is -1.88. The van der Waals surface area contributed by atoms with Crippen molar-refractivity contribution in [3.8, 4) is 27.6 Å². The highest BCUT2D eigenvalue weighted by molar-refractivity contribution is 7.12. The summed E-state index contributed by atoms with van der Waals surface area (Å²) < 4.78 is -0.263. The van der Waals surface area contributed by atoms with Gasteiger partial charge in [-0.25, -0.2) is 4.98 Å². The Morgan fingerprint density at radius 1 is 1.00 bits per heavy atom. The number of rotatable bonds is 2. The lowest BCUT2D eigenvalue weighted by Crippen LogP contribution is -2.05. The van der Waals surface area contributed by atoms with E-state index >= 15 is 0 Å². The minimum atomic E-state index is -0.294. The van der Waals surface area contributed by atoms with Crippen LogP contribution in [0.1, 0.15) is 11.1 Å². The first-order valence-corrected chi connectivity index (χ1v) is 8.72. The lowest BCUT2D eigenvalue weighted by molar-refractivity contribution is 0.457. The maximum Gasteiger partial charge on any atom is 0.247 e.